The minimum atomic E-state index is -2.94. The molecule has 11 heteroatoms. The van der Waals surface area contributed by atoms with E-state index in [9.17, 15) is 0 Å². The number of rotatable bonds is 12. The molecule has 5 nitrogen and oxygen atoms in total. The van der Waals surface area contributed by atoms with Crippen LogP contribution in [0, 0.1) is 0 Å². The summed E-state index contributed by atoms with van der Waals surface area (Å²) in [6, 6.07) is 20.8. The zero-order valence-electron chi connectivity index (χ0n) is 21.0. The van der Waals surface area contributed by atoms with Crippen molar-refractivity contribution in [2.45, 2.75) is 58.9 Å². The van der Waals surface area contributed by atoms with Crippen molar-refractivity contribution in [3.05, 3.63) is 60.7 Å². The zero-order chi connectivity index (χ0) is 24.0. The Morgan fingerprint density at radius 3 is 1.31 bits per heavy atom. The minimum Gasteiger partial charge on any atom is -0.439 e. The molecule has 0 heterocycles. The fourth-order valence-electron chi connectivity index (χ4n) is 3.55. The van der Waals surface area contributed by atoms with Gasteiger partial charge in [0.2, 0.25) is 0 Å². The molecule has 32 heavy (non-hydrogen) atoms. The first-order valence-corrected chi connectivity index (χ1v) is 26.2. The Bertz CT molecular complexity index is 773. The summed E-state index contributed by atoms with van der Waals surface area (Å²) in [6.45, 7) is 19.5. The van der Waals surface area contributed by atoms with Crippen molar-refractivity contribution < 1.29 is 20.6 Å². The number of hydrogen-bond donors (Lipinski definition) is 0. The molecule has 0 saturated carbocycles. The molecule has 2 aromatic rings. The second-order valence-corrected chi connectivity index (χ2v) is 29.0. The molecule has 0 saturated heterocycles. The molecule has 2 aromatic carbocycles. The third-order valence-electron chi connectivity index (χ3n) is 4.38. The molecule has 0 aliphatic carbocycles. The standard InChI is InChI=1S/C21H40O5Si6/c1-27(22-28(2)24-30(4,5)6)23-29(3)25-32(26-31(7,8)9,20-16-12-10-13-17-20)21-18-14-11-15-19-21/h10-19,27-29H,1-9H3. The lowest BCUT2D eigenvalue weighted by atomic mass is 10.4. The van der Waals surface area contributed by atoms with Crippen molar-refractivity contribution in [2.24, 2.45) is 0 Å². The summed E-state index contributed by atoms with van der Waals surface area (Å²) in [5.41, 5.74) is 0. The van der Waals surface area contributed by atoms with Gasteiger partial charge in [-0.05, 0) is 69.3 Å². The summed E-state index contributed by atoms with van der Waals surface area (Å²) in [5, 5.41) is 2.24. The zero-order valence-corrected chi connectivity index (χ0v) is 27.5. The second-order valence-electron chi connectivity index (χ2n) is 9.89. The van der Waals surface area contributed by atoms with Gasteiger partial charge in [0.25, 0.3) is 18.6 Å². The molecule has 0 amide bonds. The Hall–Kier alpha value is -0.459. The molecule has 0 spiro atoms. The number of benzene rings is 2. The van der Waals surface area contributed by atoms with E-state index in [2.05, 4.69) is 107 Å². The highest BCUT2D eigenvalue weighted by Crippen LogP contribution is 2.19. The topological polar surface area (TPSA) is 46.2 Å². The fourth-order valence-corrected chi connectivity index (χ4v) is 23.7. The average molecular weight is 541 g/mol. The summed E-state index contributed by atoms with van der Waals surface area (Å²) < 4.78 is 32.7. The first kappa shape index (κ1) is 27.8. The van der Waals surface area contributed by atoms with Crippen LogP contribution in [0.5, 0.6) is 0 Å². The van der Waals surface area contributed by atoms with Crippen molar-refractivity contribution >= 4 is 63.4 Å². The summed E-state index contributed by atoms with van der Waals surface area (Å²) in [6.07, 6.45) is 0. The van der Waals surface area contributed by atoms with E-state index in [4.69, 9.17) is 20.6 Å². The minimum absolute atomic E-state index is 1.12. The Kier molecular flexibility index (Phi) is 10.2. The molecule has 3 unspecified atom stereocenters. The van der Waals surface area contributed by atoms with E-state index in [0.29, 0.717) is 0 Å². The van der Waals surface area contributed by atoms with Crippen molar-refractivity contribution in [1.82, 2.24) is 0 Å². The third kappa shape index (κ3) is 9.06. The van der Waals surface area contributed by atoms with E-state index in [0.717, 1.165) is 10.4 Å². The van der Waals surface area contributed by atoms with Crippen molar-refractivity contribution in [3.8, 4) is 0 Å². The molecule has 0 aliphatic heterocycles. The van der Waals surface area contributed by atoms with Gasteiger partial charge in [0, 0.05) is 0 Å². The van der Waals surface area contributed by atoms with Crippen LogP contribution in [0.25, 0.3) is 0 Å². The maximum atomic E-state index is 6.97. The molecule has 0 bridgehead atoms. The molecule has 178 valence electrons. The summed E-state index contributed by atoms with van der Waals surface area (Å²) >= 11 is 0. The van der Waals surface area contributed by atoms with Crippen LogP contribution in [0.4, 0.5) is 0 Å². The molecule has 0 aliphatic rings. The van der Waals surface area contributed by atoms with E-state index in [1.165, 1.54) is 0 Å². The predicted octanol–water partition coefficient (Wildman–Crippen LogP) is 3.55. The second kappa shape index (κ2) is 11.8. The molecular weight excluding hydrogens is 501 g/mol. The quantitative estimate of drug-likeness (QED) is 0.385. The molecular formula is C21H40O5Si6. The first-order chi connectivity index (χ1) is 14.8. The van der Waals surface area contributed by atoms with Gasteiger partial charge in [-0.15, -0.1) is 0 Å². The van der Waals surface area contributed by atoms with E-state index in [-0.39, 0.29) is 0 Å². The van der Waals surface area contributed by atoms with Crippen LogP contribution >= 0.6 is 0 Å². The smallest absolute Gasteiger partial charge is 0.387 e. The first-order valence-electron chi connectivity index (χ1n) is 11.3. The van der Waals surface area contributed by atoms with Gasteiger partial charge >= 0.3 is 17.8 Å². The van der Waals surface area contributed by atoms with Gasteiger partial charge in [-0.25, -0.2) is 0 Å². The molecule has 0 fully saturated rings. The van der Waals surface area contributed by atoms with Gasteiger partial charge in [0.1, 0.15) is 0 Å². The third-order valence-corrected chi connectivity index (χ3v) is 23.1. The predicted molar refractivity (Wildman–Crippen MR) is 149 cm³/mol. The van der Waals surface area contributed by atoms with Crippen LogP contribution in [0.2, 0.25) is 58.9 Å². The van der Waals surface area contributed by atoms with Gasteiger partial charge in [0.05, 0.1) is 0 Å². The molecule has 0 radical (unpaired) electrons. The Balaban J connectivity index is 2.30. The van der Waals surface area contributed by atoms with E-state index >= 15 is 0 Å². The molecule has 0 N–H and O–H groups in total. The maximum absolute atomic E-state index is 6.97. The lowest BCUT2D eigenvalue weighted by Crippen LogP contribution is -2.68. The Morgan fingerprint density at radius 2 is 0.938 bits per heavy atom. The highest BCUT2D eigenvalue weighted by Gasteiger charge is 2.47. The van der Waals surface area contributed by atoms with Crippen molar-refractivity contribution in [3.63, 3.8) is 0 Å². The van der Waals surface area contributed by atoms with Crippen molar-refractivity contribution in [1.29, 1.82) is 0 Å². The van der Waals surface area contributed by atoms with Crippen LogP contribution < -0.4 is 10.4 Å². The summed E-state index contributed by atoms with van der Waals surface area (Å²) in [4.78, 5) is 0. The average Bonchev–Trinajstić information content (AvgIpc) is 2.66. The van der Waals surface area contributed by atoms with Crippen LogP contribution in [-0.4, -0.2) is 53.0 Å². The van der Waals surface area contributed by atoms with Gasteiger partial charge in [-0.3, -0.25) is 0 Å². The van der Waals surface area contributed by atoms with Gasteiger partial charge in [-0.2, -0.15) is 0 Å². The van der Waals surface area contributed by atoms with Crippen LogP contribution in [-0.2, 0) is 20.6 Å². The lowest BCUT2D eigenvalue weighted by molar-refractivity contribution is 0.329. The van der Waals surface area contributed by atoms with E-state index in [1.807, 2.05) is 12.1 Å². The Morgan fingerprint density at radius 1 is 0.531 bits per heavy atom. The normalized spacial score (nSPS) is 15.9. The monoisotopic (exact) mass is 540 g/mol. The summed E-state index contributed by atoms with van der Waals surface area (Å²) in [5.74, 6) is 0. The van der Waals surface area contributed by atoms with Gasteiger partial charge < -0.3 is 20.6 Å². The Labute approximate surface area is 203 Å². The van der Waals surface area contributed by atoms with E-state index < -0.39 is 53.0 Å². The van der Waals surface area contributed by atoms with Gasteiger partial charge in [0.15, 0.2) is 16.6 Å². The van der Waals surface area contributed by atoms with Gasteiger partial charge in [-0.1, -0.05) is 60.7 Å². The highest BCUT2D eigenvalue weighted by molar-refractivity contribution is 7.00. The highest BCUT2D eigenvalue weighted by atomic mass is 28.5. The lowest BCUT2D eigenvalue weighted by Gasteiger charge is -2.39. The maximum Gasteiger partial charge on any atom is 0.387 e. The molecule has 0 aromatic heterocycles. The number of hydrogen-bond acceptors (Lipinski definition) is 5. The van der Waals surface area contributed by atoms with Crippen molar-refractivity contribution in [2.75, 3.05) is 0 Å². The largest absolute Gasteiger partial charge is 0.439 e. The fraction of sp³-hybridized carbons (Fsp3) is 0.429. The molecule has 3 atom stereocenters. The SMILES string of the molecule is C[SiH](O[SiH](C)O[Si](C)(C)C)O[SiH](C)O[Si](O[Si](C)(C)C)(c1ccccc1)c1ccccc1. The van der Waals surface area contributed by atoms with Crippen LogP contribution in [0.15, 0.2) is 60.7 Å². The molecule has 2 rings (SSSR count). The van der Waals surface area contributed by atoms with Crippen LogP contribution in [0.3, 0.4) is 0 Å². The van der Waals surface area contributed by atoms with E-state index in [1.54, 1.807) is 0 Å². The van der Waals surface area contributed by atoms with Crippen LogP contribution in [0.1, 0.15) is 0 Å². The summed E-state index contributed by atoms with van der Waals surface area (Å²) in [7, 11) is -12.1.